The second kappa shape index (κ2) is 4.99. The molecule has 94 valence electrons. The van der Waals surface area contributed by atoms with E-state index in [4.69, 9.17) is 13.9 Å². The summed E-state index contributed by atoms with van der Waals surface area (Å²) in [5, 5.41) is 3.28. The van der Waals surface area contributed by atoms with Crippen LogP contribution in [0.2, 0.25) is 0 Å². The summed E-state index contributed by atoms with van der Waals surface area (Å²) in [4.78, 5) is 4.04. The fourth-order valence-corrected chi connectivity index (χ4v) is 2.39. The summed E-state index contributed by atoms with van der Waals surface area (Å²) >= 11 is 3.47. The fourth-order valence-electron chi connectivity index (χ4n) is 1.78. The van der Waals surface area contributed by atoms with Crippen molar-refractivity contribution in [1.29, 1.82) is 0 Å². The second-order valence-corrected chi connectivity index (χ2v) is 4.75. The van der Waals surface area contributed by atoms with Crippen LogP contribution in [0.15, 0.2) is 33.7 Å². The van der Waals surface area contributed by atoms with Crippen LogP contribution in [-0.2, 0) is 13.1 Å². The largest absolute Gasteiger partial charge is 0.454 e. The molecule has 0 spiro atoms. The Hall–Kier alpha value is -1.53. The molecule has 0 saturated carbocycles. The van der Waals surface area contributed by atoms with Crippen molar-refractivity contribution < 1.29 is 13.9 Å². The maximum atomic E-state index is 5.36. The van der Waals surface area contributed by atoms with Gasteiger partial charge < -0.3 is 19.2 Å². The van der Waals surface area contributed by atoms with Crippen LogP contribution >= 0.6 is 15.9 Å². The molecule has 0 aliphatic carbocycles. The normalized spacial score (nSPS) is 12.9. The Bertz CT molecular complexity index is 543. The minimum Gasteiger partial charge on any atom is -0.454 e. The molecule has 0 radical (unpaired) electrons. The maximum absolute atomic E-state index is 5.36. The molecular formula is C12H11BrN2O3. The molecule has 1 aliphatic rings. The molecule has 0 amide bonds. The van der Waals surface area contributed by atoms with Crippen LogP contribution < -0.4 is 14.8 Å². The minimum absolute atomic E-state index is 0.282. The van der Waals surface area contributed by atoms with Crippen molar-refractivity contribution in [2.24, 2.45) is 0 Å². The van der Waals surface area contributed by atoms with Gasteiger partial charge in [0.1, 0.15) is 6.26 Å². The molecule has 0 bridgehead atoms. The second-order valence-electron chi connectivity index (χ2n) is 3.89. The molecule has 1 aromatic heterocycles. The zero-order valence-electron chi connectivity index (χ0n) is 9.48. The molecule has 5 nitrogen and oxygen atoms in total. The number of ether oxygens (including phenoxy) is 2. The van der Waals surface area contributed by atoms with E-state index in [9.17, 15) is 0 Å². The highest BCUT2D eigenvalue weighted by Gasteiger charge is 2.17. The molecule has 0 saturated heterocycles. The Kier molecular flexibility index (Phi) is 3.21. The van der Waals surface area contributed by atoms with Crippen molar-refractivity contribution in [2.75, 3.05) is 6.79 Å². The van der Waals surface area contributed by atoms with Gasteiger partial charge in [0.2, 0.25) is 6.79 Å². The summed E-state index contributed by atoms with van der Waals surface area (Å²) in [6.45, 7) is 1.68. The number of fused-ring (bicyclic) bond motifs is 1. The average Bonchev–Trinajstić information content (AvgIpc) is 2.99. The van der Waals surface area contributed by atoms with Crippen molar-refractivity contribution in [3.63, 3.8) is 0 Å². The first-order valence-electron chi connectivity index (χ1n) is 5.49. The Morgan fingerprint density at radius 3 is 3.06 bits per heavy atom. The number of nitrogens with one attached hydrogen (secondary N) is 1. The Morgan fingerprint density at radius 2 is 2.22 bits per heavy atom. The Morgan fingerprint density at radius 1 is 1.28 bits per heavy atom. The van der Waals surface area contributed by atoms with Crippen molar-refractivity contribution in [1.82, 2.24) is 10.3 Å². The lowest BCUT2D eigenvalue weighted by Crippen LogP contribution is -2.12. The third kappa shape index (κ3) is 2.34. The number of aromatic nitrogens is 1. The van der Waals surface area contributed by atoms with E-state index in [1.165, 1.54) is 6.39 Å². The van der Waals surface area contributed by atoms with E-state index < -0.39 is 0 Å². The van der Waals surface area contributed by atoms with Crippen molar-refractivity contribution in [2.45, 2.75) is 13.1 Å². The number of hydrogen-bond acceptors (Lipinski definition) is 5. The third-order valence-electron chi connectivity index (χ3n) is 2.61. The quantitative estimate of drug-likeness (QED) is 0.940. The Labute approximate surface area is 112 Å². The van der Waals surface area contributed by atoms with Crippen LogP contribution in [0.25, 0.3) is 0 Å². The predicted molar refractivity (Wildman–Crippen MR) is 67.3 cm³/mol. The highest BCUT2D eigenvalue weighted by molar-refractivity contribution is 9.10. The van der Waals surface area contributed by atoms with Gasteiger partial charge in [-0.1, -0.05) is 0 Å². The van der Waals surface area contributed by atoms with Gasteiger partial charge in [-0.2, -0.15) is 0 Å². The maximum Gasteiger partial charge on any atom is 0.231 e. The molecule has 0 atom stereocenters. The molecule has 1 aliphatic heterocycles. The smallest absolute Gasteiger partial charge is 0.231 e. The summed E-state index contributed by atoms with van der Waals surface area (Å²) in [5.74, 6) is 1.55. The number of benzene rings is 1. The zero-order valence-corrected chi connectivity index (χ0v) is 11.1. The van der Waals surface area contributed by atoms with Gasteiger partial charge in [0.05, 0.1) is 10.2 Å². The van der Waals surface area contributed by atoms with E-state index in [1.807, 2.05) is 12.1 Å². The van der Waals surface area contributed by atoms with Gasteiger partial charge in [-0.15, -0.1) is 0 Å². The first kappa shape index (κ1) is 11.6. The molecule has 0 unspecified atom stereocenters. The molecule has 2 aromatic rings. The molecule has 2 heterocycles. The van der Waals surface area contributed by atoms with Crippen molar-refractivity contribution >= 4 is 15.9 Å². The Balaban J connectivity index is 1.65. The van der Waals surface area contributed by atoms with Crippen LogP contribution in [0.4, 0.5) is 0 Å². The molecule has 18 heavy (non-hydrogen) atoms. The van der Waals surface area contributed by atoms with Crippen LogP contribution in [-0.4, -0.2) is 11.8 Å². The van der Waals surface area contributed by atoms with Crippen LogP contribution in [0.3, 0.4) is 0 Å². The predicted octanol–water partition coefficient (Wildman–Crippen LogP) is 2.46. The van der Waals surface area contributed by atoms with E-state index in [2.05, 4.69) is 26.2 Å². The van der Waals surface area contributed by atoms with Gasteiger partial charge in [-0.25, -0.2) is 4.98 Å². The standard InChI is InChI=1S/C12H11BrN2O3/c13-10-1-8(2-11-12(10)18-7-17-11)3-14-4-9-5-16-6-15-9/h1-2,5-6,14H,3-4,7H2. The SMILES string of the molecule is Brc1cc(CNCc2cocn2)cc2c1OCO2. The highest BCUT2D eigenvalue weighted by atomic mass is 79.9. The van der Waals surface area contributed by atoms with Gasteiger partial charge >= 0.3 is 0 Å². The molecule has 1 aromatic carbocycles. The third-order valence-corrected chi connectivity index (χ3v) is 3.19. The molecule has 1 N–H and O–H groups in total. The van der Waals surface area contributed by atoms with E-state index >= 15 is 0 Å². The van der Waals surface area contributed by atoms with E-state index in [0.29, 0.717) is 6.54 Å². The van der Waals surface area contributed by atoms with Gasteiger partial charge in [0.25, 0.3) is 0 Å². The van der Waals surface area contributed by atoms with E-state index in [1.54, 1.807) is 6.26 Å². The first-order chi connectivity index (χ1) is 8.83. The summed E-state index contributed by atoms with van der Waals surface area (Å²) < 4.78 is 16.5. The number of hydrogen-bond donors (Lipinski definition) is 1. The van der Waals surface area contributed by atoms with Crippen LogP contribution in [0.5, 0.6) is 11.5 Å². The molecule has 3 rings (SSSR count). The van der Waals surface area contributed by atoms with Crippen molar-refractivity contribution in [3.8, 4) is 11.5 Å². The van der Waals surface area contributed by atoms with E-state index in [-0.39, 0.29) is 6.79 Å². The van der Waals surface area contributed by atoms with Gasteiger partial charge in [0, 0.05) is 13.1 Å². The topological polar surface area (TPSA) is 56.5 Å². The van der Waals surface area contributed by atoms with Crippen molar-refractivity contribution in [3.05, 3.63) is 40.5 Å². The van der Waals surface area contributed by atoms with Gasteiger partial charge in [-0.05, 0) is 33.6 Å². The van der Waals surface area contributed by atoms with Crippen LogP contribution in [0, 0.1) is 0 Å². The lowest BCUT2D eigenvalue weighted by molar-refractivity contribution is 0.173. The molecule has 6 heteroatoms. The molecular weight excluding hydrogens is 300 g/mol. The number of oxazole rings is 1. The van der Waals surface area contributed by atoms with Gasteiger partial charge in [0.15, 0.2) is 17.9 Å². The summed E-state index contributed by atoms with van der Waals surface area (Å²) in [7, 11) is 0. The first-order valence-corrected chi connectivity index (χ1v) is 6.28. The van der Waals surface area contributed by atoms with Crippen LogP contribution in [0.1, 0.15) is 11.3 Å². The number of nitrogens with zero attached hydrogens (tertiary/aromatic N) is 1. The lowest BCUT2D eigenvalue weighted by Gasteiger charge is -2.06. The average molecular weight is 311 g/mol. The zero-order chi connectivity index (χ0) is 12.4. The molecule has 0 fully saturated rings. The minimum atomic E-state index is 0.282. The summed E-state index contributed by atoms with van der Waals surface area (Å²) in [5.41, 5.74) is 2.00. The summed E-state index contributed by atoms with van der Waals surface area (Å²) in [6, 6.07) is 3.99. The van der Waals surface area contributed by atoms with E-state index in [0.717, 1.165) is 33.8 Å². The number of halogens is 1. The summed E-state index contributed by atoms with van der Waals surface area (Å²) in [6.07, 6.45) is 3.05. The lowest BCUT2D eigenvalue weighted by atomic mass is 10.2. The highest BCUT2D eigenvalue weighted by Crippen LogP contribution is 2.39. The fraction of sp³-hybridized carbons (Fsp3) is 0.250. The van der Waals surface area contributed by atoms with Gasteiger partial charge in [-0.3, -0.25) is 0 Å². The monoisotopic (exact) mass is 310 g/mol. The number of rotatable bonds is 4.